The Labute approximate surface area is 165 Å². The van der Waals surface area contributed by atoms with Gasteiger partial charge in [-0.15, -0.1) is 0 Å². The molecule has 0 bridgehead atoms. The molecule has 1 heterocycles. The molecule has 1 saturated carbocycles. The van der Waals surface area contributed by atoms with Crippen molar-refractivity contribution in [1.82, 2.24) is 0 Å². The second-order valence-electron chi connectivity index (χ2n) is 8.50. The van der Waals surface area contributed by atoms with E-state index in [4.69, 9.17) is 9.47 Å². The number of fused-ring (bicyclic) bond motifs is 3. The number of ether oxygens (including phenoxy) is 2. The third-order valence-corrected chi connectivity index (χ3v) is 6.73. The van der Waals surface area contributed by atoms with E-state index in [0.717, 1.165) is 11.1 Å². The van der Waals surface area contributed by atoms with Crippen molar-refractivity contribution in [2.75, 3.05) is 0 Å². The monoisotopic (exact) mass is 382 g/mol. The molecule has 5 heteroatoms. The standard InChI is InChI=1S/C23H26O5/c1-13-9-10-17(24)23(3)12-16(19-14(2)22(26)28-21(19)20(13)23)27-18(25)11-15-7-5-4-6-8-15/h4-9,16-17,19-21,24H,2,10-12H2,1,3H3. The van der Waals surface area contributed by atoms with E-state index < -0.39 is 29.7 Å². The maximum Gasteiger partial charge on any atom is 0.334 e. The first kappa shape index (κ1) is 18.9. The fraction of sp³-hybridized carbons (Fsp3) is 0.478. The molecule has 1 saturated heterocycles. The topological polar surface area (TPSA) is 72.8 Å². The van der Waals surface area contributed by atoms with Crippen molar-refractivity contribution in [3.05, 3.63) is 59.7 Å². The zero-order chi connectivity index (χ0) is 20.1. The zero-order valence-corrected chi connectivity index (χ0v) is 16.3. The summed E-state index contributed by atoms with van der Waals surface area (Å²) in [6.07, 6.45) is 1.63. The van der Waals surface area contributed by atoms with E-state index in [1.165, 1.54) is 0 Å². The highest BCUT2D eigenvalue weighted by molar-refractivity contribution is 5.91. The maximum absolute atomic E-state index is 12.6. The fourth-order valence-corrected chi connectivity index (χ4v) is 5.29. The number of esters is 2. The van der Waals surface area contributed by atoms with Gasteiger partial charge >= 0.3 is 11.9 Å². The molecule has 2 aliphatic carbocycles. The second kappa shape index (κ2) is 6.89. The quantitative estimate of drug-likeness (QED) is 0.494. The summed E-state index contributed by atoms with van der Waals surface area (Å²) in [6.45, 7) is 7.94. The minimum Gasteiger partial charge on any atom is -0.461 e. The van der Waals surface area contributed by atoms with Crippen LogP contribution in [0.2, 0.25) is 0 Å². The number of carbonyl (C=O) groups excluding carboxylic acids is 2. The number of hydrogen-bond acceptors (Lipinski definition) is 5. The van der Waals surface area contributed by atoms with E-state index in [0.29, 0.717) is 18.4 Å². The first-order valence-electron chi connectivity index (χ1n) is 9.79. The van der Waals surface area contributed by atoms with Crippen LogP contribution in [0.3, 0.4) is 0 Å². The zero-order valence-electron chi connectivity index (χ0n) is 16.3. The van der Waals surface area contributed by atoms with Gasteiger partial charge in [0.2, 0.25) is 0 Å². The van der Waals surface area contributed by atoms with Gasteiger partial charge in [0.05, 0.1) is 18.4 Å². The maximum atomic E-state index is 12.6. The van der Waals surface area contributed by atoms with Gasteiger partial charge in [0.25, 0.3) is 0 Å². The van der Waals surface area contributed by atoms with Crippen LogP contribution in [0.15, 0.2) is 54.1 Å². The molecule has 148 valence electrons. The summed E-state index contributed by atoms with van der Waals surface area (Å²) in [5.74, 6) is -1.26. The van der Waals surface area contributed by atoms with Crippen LogP contribution in [0.5, 0.6) is 0 Å². The average molecular weight is 382 g/mol. The first-order valence-corrected chi connectivity index (χ1v) is 9.79. The molecule has 1 aliphatic heterocycles. The van der Waals surface area contributed by atoms with Crippen LogP contribution in [-0.2, 0) is 25.5 Å². The second-order valence-corrected chi connectivity index (χ2v) is 8.50. The summed E-state index contributed by atoms with van der Waals surface area (Å²) in [5, 5.41) is 10.8. The van der Waals surface area contributed by atoms with Crippen molar-refractivity contribution in [3.63, 3.8) is 0 Å². The molecule has 3 aliphatic rings. The Bertz CT molecular complexity index is 842. The molecule has 6 atom stereocenters. The molecule has 6 unspecified atom stereocenters. The first-order chi connectivity index (χ1) is 13.3. The Balaban J connectivity index is 1.62. The Morgan fingerprint density at radius 3 is 2.79 bits per heavy atom. The van der Waals surface area contributed by atoms with Crippen LogP contribution in [0.4, 0.5) is 0 Å². The molecule has 1 aromatic carbocycles. The molecular formula is C23H26O5. The number of aliphatic hydroxyl groups is 1. The molecule has 1 aromatic rings. The molecule has 0 amide bonds. The fourth-order valence-electron chi connectivity index (χ4n) is 5.29. The Hall–Kier alpha value is -2.40. The van der Waals surface area contributed by atoms with Crippen LogP contribution < -0.4 is 0 Å². The highest BCUT2D eigenvalue weighted by Crippen LogP contribution is 2.56. The number of hydrogen-bond donors (Lipinski definition) is 1. The Morgan fingerprint density at radius 1 is 1.36 bits per heavy atom. The molecule has 2 fully saturated rings. The summed E-state index contributed by atoms with van der Waals surface area (Å²) in [4.78, 5) is 24.9. The van der Waals surface area contributed by atoms with Crippen molar-refractivity contribution in [2.45, 2.75) is 51.4 Å². The van der Waals surface area contributed by atoms with E-state index in [9.17, 15) is 14.7 Å². The van der Waals surface area contributed by atoms with Gasteiger partial charge in [-0.1, -0.05) is 55.5 Å². The highest BCUT2D eigenvalue weighted by atomic mass is 16.6. The van der Waals surface area contributed by atoms with Crippen molar-refractivity contribution >= 4 is 11.9 Å². The Kier molecular flexibility index (Phi) is 4.66. The van der Waals surface area contributed by atoms with E-state index in [-0.39, 0.29) is 24.2 Å². The third kappa shape index (κ3) is 2.98. The minimum atomic E-state index is -0.579. The normalized spacial score (nSPS) is 36.8. The van der Waals surface area contributed by atoms with Crippen molar-refractivity contribution in [1.29, 1.82) is 0 Å². The average Bonchev–Trinajstić information content (AvgIpc) is 2.94. The number of rotatable bonds is 3. The molecule has 28 heavy (non-hydrogen) atoms. The van der Waals surface area contributed by atoms with Gasteiger partial charge in [0.15, 0.2) is 0 Å². The molecule has 0 spiro atoms. The minimum absolute atomic E-state index is 0.103. The summed E-state index contributed by atoms with van der Waals surface area (Å²) >= 11 is 0. The number of aliphatic hydroxyl groups excluding tert-OH is 1. The summed E-state index contributed by atoms with van der Waals surface area (Å²) in [6, 6.07) is 9.41. The van der Waals surface area contributed by atoms with Gasteiger partial charge in [0.1, 0.15) is 12.2 Å². The van der Waals surface area contributed by atoms with Crippen molar-refractivity contribution in [3.8, 4) is 0 Å². The van der Waals surface area contributed by atoms with E-state index in [1.54, 1.807) is 0 Å². The third-order valence-electron chi connectivity index (χ3n) is 6.73. The summed E-state index contributed by atoms with van der Waals surface area (Å²) in [7, 11) is 0. The molecule has 5 nitrogen and oxygen atoms in total. The number of carbonyl (C=O) groups is 2. The lowest BCUT2D eigenvalue weighted by Gasteiger charge is -2.53. The number of benzene rings is 1. The molecule has 0 radical (unpaired) electrons. The Morgan fingerprint density at radius 2 is 2.07 bits per heavy atom. The highest BCUT2D eigenvalue weighted by Gasteiger charge is 2.61. The van der Waals surface area contributed by atoms with Gasteiger partial charge in [-0.25, -0.2) is 4.79 Å². The lowest BCUT2D eigenvalue weighted by atomic mass is 9.54. The predicted molar refractivity (Wildman–Crippen MR) is 103 cm³/mol. The molecule has 0 aromatic heterocycles. The van der Waals surface area contributed by atoms with Crippen LogP contribution in [0.25, 0.3) is 0 Å². The van der Waals surface area contributed by atoms with Gasteiger partial charge in [-0.2, -0.15) is 0 Å². The van der Waals surface area contributed by atoms with E-state index in [1.807, 2.05) is 50.3 Å². The lowest BCUT2D eigenvalue weighted by Crippen LogP contribution is -2.57. The SMILES string of the molecule is C=C1C(=O)OC2C1C(OC(=O)Cc1ccccc1)CC1(C)C(O)CC=C(C)C21. The van der Waals surface area contributed by atoms with Crippen LogP contribution in [0.1, 0.15) is 32.3 Å². The van der Waals surface area contributed by atoms with Crippen LogP contribution in [0, 0.1) is 17.3 Å². The lowest BCUT2D eigenvalue weighted by molar-refractivity contribution is -0.175. The predicted octanol–water partition coefficient (Wildman–Crippen LogP) is 2.98. The van der Waals surface area contributed by atoms with Gasteiger partial charge < -0.3 is 14.6 Å². The van der Waals surface area contributed by atoms with Crippen LogP contribution in [-0.4, -0.2) is 35.4 Å². The molecule has 1 N–H and O–H groups in total. The largest absolute Gasteiger partial charge is 0.461 e. The van der Waals surface area contributed by atoms with Gasteiger partial charge in [-0.05, 0) is 25.3 Å². The van der Waals surface area contributed by atoms with Gasteiger partial charge in [-0.3, -0.25) is 4.79 Å². The smallest absolute Gasteiger partial charge is 0.334 e. The summed E-state index contributed by atoms with van der Waals surface area (Å²) < 4.78 is 11.5. The van der Waals surface area contributed by atoms with E-state index >= 15 is 0 Å². The molecular weight excluding hydrogens is 356 g/mol. The van der Waals surface area contributed by atoms with Gasteiger partial charge in [0, 0.05) is 16.9 Å². The molecule has 4 rings (SSSR count). The van der Waals surface area contributed by atoms with Crippen LogP contribution >= 0.6 is 0 Å². The summed E-state index contributed by atoms with van der Waals surface area (Å²) in [5.41, 5.74) is 1.82. The van der Waals surface area contributed by atoms with E-state index in [2.05, 4.69) is 6.58 Å². The van der Waals surface area contributed by atoms with Crippen molar-refractivity contribution in [2.24, 2.45) is 17.3 Å². The van der Waals surface area contributed by atoms with Crippen molar-refractivity contribution < 1.29 is 24.2 Å².